The number of hydrogen-bond donors (Lipinski definition) is 0. The summed E-state index contributed by atoms with van der Waals surface area (Å²) in [6.45, 7) is 11.6. The van der Waals surface area contributed by atoms with E-state index in [1.165, 1.54) is 12.3 Å². The minimum absolute atomic E-state index is 0.426. The lowest BCUT2D eigenvalue weighted by Crippen LogP contribution is -2.41. The van der Waals surface area contributed by atoms with E-state index in [2.05, 4.69) is 11.6 Å². The zero-order chi connectivity index (χ0) is 13.6. The Labute approximate surface area is 107 Å². The third-order valence-corrected chi connectivity index (χ3v) is 3.66. The topological polar surface area (TPSA) is 31.4 Å². The monoisotopic (exact) mass is 249 g/mol. The van der Waals surface area contributed by atoms with Crippen LogP contribution in [-0.4, -0.2) is 23.3 Å². The molecule has 1 aliphatic heterocycles. The summed E-state index contributed by atoms with van der Waals surface area (Å²) in [5, 5.41) is 0. The van der Waals surface area contributed by atoms with Gasteiger partial charge in [0.15, 0.2) is 0 Å². The molecule has 1 aromatic rings. The molecule has 1 fully saturated rings. The summed E-state index contributed by atoms with van der Waals surface area (Å²) < 4.78 is 24.9. The molecule has 0 N–H and O–H groups in total. The average Bonchev–Trinajstić information content (AvgIpc) is 2.47. The van der Waals surface area contributed by atoms with Crippen molar-refractivity contribution in [2.24, 2.45) is 0 Å². The lowest BCUT2D eigenvalue weighted by Gasteiger charge is -2.32. The van der Waals surface area contributed by atoms with Crippen molar-refractivity contribution in [3.63, 3.8) is 0 Å². The standard InChI is InChI=1S/C13H17BFNO2/c1-6-9-7-11(15)16-8-10(9)14-17-12(2,3)13(4,5)18-14/h6-8H,1H2,2-5H3. The molecule has 0 aliphatic carbocycles. The highest BCUT2D eigenvalue weighted by molar-refractivity contribution is 6.62. The lowest BCUT2D eigenvalue weighted by atomic mass is 9.77. The molecule has 0 spiro atoms. The van der Waals surface area contributed by atoms with Crippen molar-refractivity contribution in [2.75, 3.05) is 0 Å². The molecule has 2 heterocycles. The average molecular weight is 249 g/mol. The molecule has 18 heavy (non-hydrogen) atoms. The third kappa shape index (κ3) is 2.08. The van der Waals surface area contributed by atoms with Crippen molar-refractivity contribution in [3.05, 3.63) is 30.4 Å². The minimum atomic E-state index is -0.545. The van der Waals surface area contributed by atoms with Crippen LogP contribution in [0.25, 0.3) is 6.08 Å². The van der Waals surface area contributed by atoms with E-state index in [1.54, 1.807) is 6.08 Å². The molecule has 0 unspecified atom stereocenters. The summed E-state index contributed by atoms with van der Waals surface area (Å²) in [6, 6.07) is 1.33. The molecule has 0 atom stereocenters. The molecule has 1 aliphatic rings. The van der Waals surface area contributed by atoms with Gasteiger partial charge in [-0.1, -0.05) is 12.7 Å². The van der Waals surface area contributed by atoms with Crippen molar-refractivity contribution in [2.45, 2.75) is 38.9 Å². The maximum atomic E-state index is 13.1. The quantitative estimate of drug-likeness (QED) is 0.594. The second-order valence-corrected chi connectivity index (χ2v) is 5.43. The molecule has 5 heteroatoms. The van der Waals surface area contributed by atoms with Crippen LogP contribution in [0.1, 0.15) is 33.3 Å². The van der Waals surface area contributed by atoms with Gasteiger partial charge >= 0.3 is 7.12 Å². The first-order valence-corrected chi connectivity index (χ1v) is 5.90. The fourth-order valence-electron chi connectivity index (χ4n) is 1.80. The number of hydrogen-bond acceptors (Lipinski definition) is 3. The van der Waals surface area contributed by atoms with Crippen molar-refractivity contribution in [3.8, 4) is 0 Å². The summed E-state index contributed by atoms with van der Waals surface area (Å²) in [5.41, 5.74) is 0.487. The fourth-order valence-corrected chi connectivity index (χ4v) is 1.80. The molecular weight excluding hydrogens is 232 g/mol. The molecule has 96 valence electrons. The highest BCUT2D eigenvalue weighted by atomic mass is 19.1. The Balaban J connectivity index is 2.38. The fraction of sp³-hybridized carbons (Fsp3) is 0.462. The van der Waals surface area contributed by atoms with Gasteiger partial charge in [0.2, 0.25) is 5.95 Å². The maximum absolute atomic E-state index is 13.1. The number of halogens is 1. The highest BCUT2D eigenvalue weighted by Crippen LogP contribution is 2.36. The Kier molecular flexibility index (Phi) is 3.07. The smallest absolute Gasteiger partial charge is 0.399 e. The molecular formula is C13H17BFNO2. The van der Waals surface area contributed by atoms with E-state index in [-0.39, 0.29) is 0 Å². The Hall–Kier alpha value is -1.20. The first kappa shape index (κ1) is 13.2. The van der Waals surface area contributed by atoms with Gasteiger partial charge < -0.3 is 9.31 Å². The normalized spacial score (nSPS) is 21.1. The Morgan fingerprint density at radius 2 is 1.83 bits per heavy atom. The SMILES string of the molecule is C=Cc1cc(F)ncc1B1OC(C)(C)C(C)(C)O1. The minimum Gasteiger partial charge on any atom is -0.399 e. The molecule has 1 aromatic heterocycles. The van der Waals surface area contributed by atoms with Crippen LogP contribution in [0.5, 0.6) is 0 Å². The van der Waals surface area contributed by atoms with Gasteiger partial charge in [-0.2, -0.15) is 4.39 Å². The number of aromatic nitrogens is 1. The Bertz CT molecular complexity index is 472. The maximum Gasteiger partial charge on any atom is 0.497 e. The van der Waals surface area contributed by atoms with Crippen molar-refractivity contribution in [1.29, 1.82) is 0 Å². The first-order valence-electron chi connectivity index (χ1n) is 5.90. The Morgan fingerprint density at radius 3 is 2.33 bits per heavy atom. The first-order chi connectivity index (χ1) is 8.27. The van der Waals surface area contributed by atoms with Crippen LogP contribution < -0.4 is 5.46 Å². The van der Waals surface area contributed by atoms with Gasteiger partial charge in [-0.25, -0.2) is 4.98 Å². The third-order valence-electron chi connectivity index (χ3n) is 3.66. The summed E-state index contributed by atoms with van der Waals surface area (Å²) >= 11 is 0. The van der Waals surface area contributed by atoms with Crippen LogP contribution >= 0.6 is 0 Å². The number of nitrogens with zero attached hydrogens (tertiary/aromatic N) is 1. The summed E-state index contributed by atoms with van der Waals surface area (Å²) in [4.78, 5) is 3.65. The van der Waals surface area contributed by atoms with Gasteiger partial charge in [0.25, 0.3) is 0 Å². The summed E-state index contributed by atoms with van der Waals surface area (Å²) in [6.07, 6.45) is 3.01. The van der Waals surface area contributed by atoms with Crippen LogP contribution in [0.3, 0.4) is 0 Å². The molecule has 0 bridgehead atoms. The lowest BCUT2D eigenvalue weighted by molar-refractivity contribution is 0.00578. The summed E-state index contributed by atoms with van der Waals surface area (Å²) in [7, 11) is -0.545. The number of rotatable bonds is 2. The second kappa shape index (κ2) is 4.18. The van der Waals surface area contributed by atoms with E-state index in [0.717, 1.165) is 0 Å². The summed E-state index contributed by atoms with van der Waals surface area (Å²) in [5.74, 6) is -0.537. The van der Waals surface area contributed by atoms with Crippen LogP contribution in [0.4, 0.5) is 4.39 Å². The molecule has 3 nitrogen and oxygen atoms in total. The highest BCUT2D eigenvalue weighted by Gasteiger charge is 2.52. The van der Waals surface area contributed by atoms with E-state index < -0.39 is 24.3 Å². The van der Waals surface area contributed by atoms with Crippen molar-refractivity contribution < 1.29 is 13.7 Å². The van der Waals surface area contributed by atoms with Gasteiger partial charge in [-0.3, -0.25) is 0 Å². The molecule has 0 amide bonds. The van der Waals surface area contributed by atoms with E-state index in [4.69, 9.17) is 9.31 Å². The predicted molar refractivity (Wildman–Crippen MR) is 70.0 cm³/mol. The predicted octanol–water partition coefficient (Wildman–Crippen LogP) is 2.16. The molecule has 0 aromatic carbocycles. The van der Waals surface area contributed by atoms with Gasteiger partial charge in [0.1, 0.15) is 0 Å². The van der Waals surface area contributed by atoms with Crippen molar-refractivity contribution >= 4 is 18.7 Å². The largest absolute Gasteiger partial charge is 0.497 e. The Morgan fingerprint density at radius 1 is 1.28 bits per heavy atom. The molecule has 2 rings (SSSR count). The number of pyridine rings is 1. The van der Waals surface area contributed by atoms with Crippen LogP contribution in [0, 0.1) is 5.95 Å². The van der Waals surface area contributed by atoms with Gasteiger partial charge in [-0.05, 0) is 33.3 Å². The van der Waals surface area contributed by atoms with Crippen molar-refractivity contribution in [1.82, 2.24) is 4.98 Å². The molecule has 0 radical (unpaired) electrons. The van der Waals surface area contributed by atoms with Gasteiger partial charge in [-0.15, -0.1) is 0 Å². The van der Waals surface area contributed by atoms with Gasteiger partial charge in [0.05, 0.1) is 11.2 Å². The van der Waals surface area contributed by atoms with E-state index >= 15 is 0 Å². The van der Waals surface area contributed by atoms with Crippen LogP contribution in [0.2, 0.25) is 0 Å². The van der Waals surface area contributed by atoms with Crippen LogP contribution in [0.15, 0.2) is 18.8 Å². The van der Waals surface area contributed by atoms with E-state index in [1.807, 2.05) is 27.7 Å². The van der Waals surface area contributed by atoms with E-state index in [9.17, 15) is 4.39 Å². The van der Waals surface area contributed by atoms with Crippen LogP contribution in [-0.2, 0) is 9.31 Å². The van der Waals surface area contributed by atoms with E-state index in [0.29, 0.717) is 11.0 Å². The zero-order valence-electron chi connectivity index (χ0n) is 11.2. The molecule has 0 saturated carbocycles. The van der Waals surface area contributed by atoms with Gasteiger partial charge in [0, 0.05) is 17.7 Å². The second-order valence-electron chi connectivity index (χ2n) is 5.43. The molecule has 1 saturated heterocycles. The zero-order valence-corrected chi connectivity index (χ0v) is 11.2.